The van der Waals surface area contributed by atoms with Crippen LogP contribution in [0.2, 0.25) is 0 Å². The number of aromatic hydroxyl groups is 1. The van der Waals surface area contributed by atoms with Crippen molar-refractivity contribution < 1.29 is 19.8 Å². The lowest BCUT2D eigenvalue weighted by atomic mass is 10.1. The fourth-order valence-corrected chi connectivity index (χ4v) is 2.99. The van der Waals surface area contributed by atoms with Gasteiger partial charge in [-0.1, -0.05) is 12.1 Å². The van der Waals surface area contributed by atoms with E-state index in [1.807, 2.05) is 24.3 Å². The molecule has 0 aliphatic heterocycles. The number of benzene rings is 2. The predicted octanol–water partition coefficient (Wildman–Crippen LogP) is 3.46. The number of phenolic OH excluding ortho intramolecular Hbond substituents is 1. The summed E-state index contributed by atoms with van der Waals surface area (Å²) in [6.07, 6.45) is -0.0638. The highest BCUT2D eigenvalue weighted by Gasteiger charge is 2.15. The van der Waals surface area contributed by atoms with Gasteiger partial charge in [0.15, 0.2) is 0 Å². The Hall–Kier alpha value is -2.01. The molecule has 0 saturated heterocycles. The van der Waals surface area contributed by atoms with Crippen LogP contribution in [-0.2, 0) is 9.59 Å². The summed E-state index contributed by atoms with van der Waals surface area (Å²) in [5, 5.41) is 19.7. The Bertz CT molecular complexity index is 681. The van der Waals surface area contributed by atoms with E-state index in [1.54, 1.807) is 19.1 Å². The molecule has 110 valence electrons. The molecule has 21 heavy (non-hydrogen) atoms. The zero-order valence-corrected chi connectivity index (χ0v) is 12.4. The van der Waals surface area contributed by atoms with Gasteiger partial charge in [0.05, 0.1) is 11.7 Å². The molecule has 0 aromatic heterocycles. The molecule has 2 aromatic rings. The van der Waals surface area contributed by atoms with Crippen molar-refractivity contribution in [2.45, 2.75) is 29.9 Å². The summed E-state index contributed by atoms with van der Waals surface area (Å²) in [4.78, 5) is 23.3. The number of aliphatic carboxylic acids is 1. The number of thioether (sulfide) groups is 1. The van der Waals surface area contributed by atoms with Gasteiger partial charge in [-0.25, -0.2) is 0 Å². The molecule has 2 N–H and O–H groups in total. The average molecular weight is 304 g/mol. The minimum absolute atomic E-state index is 0.0605. The zero-order valence-electron chi connectivity index (χ0n) is 11.6. The van der Waals surface area contributed by atoms with Gasteiger partial charge >= 0.3 is 5.97 Å². The third-order valence-corrected chi connectivity index (χ3v) is 4.29. The first-order valence-corrected chi connectivity index (χ1v) is 7.47. The minimum atomic E-state index is -0.953. The van der Waals surface area contributed by atoms with E-state index in [2.05, 4.69) is 0 Å². The number of ketones is 1. The second-order valence-electron chi connectivity index (χ2n) is 4.81. The Labute approximate surface area is 126 Å². The van der Waals surface area contributed by atoms with E-state index in [-0.39, 0.29) is 29.6 Å². The second-order valence-corrected chi connectivity index (χ2v) is 6.23. The smallest absolute Gasteiger partial charge is 0.303 e. The average Bonchev–Trinajstić information content (AvgIpc) is 2.44. The van der Waals surface area contributed by atoms with Crippen molar-refractivity contribution in [3.8, 4) is 5.75 Å². The second kappa shape index (κ2) is 6.63. The fraction of sp³-hybridized carbons (Fsp3) is 0.250. The van der Waals surface area contributed by atoms with Crippen LogP contribution >= 0.6 is 11.8 Å². The first kappa shape index (κ1) is 15.4. The van der Waals surface area contributed by atoms with Crippen molar-refractivity contribution in [3.05, 3.63) is 36.4 Å². The fourth-order valence-electron chi connectivity index (χ4n) is 1.99. The van der Waals surface area contributed by atoms with Crippen LogP contribution in [0.25, 0.3) is 10.8 Å². The molecule has 0 heterocycles. The first-order valence-electron chi connectivity index (χ1n) is 6.59. The number of phenols is 1. The van der Waals surface area contributed by atoms with Crippen molar-refractivity contribution in [1.29, 1.82) is 0 Å². The van der Waals surface area contributed by atoms with E-state index in [0.29, 0.717) is 0 Å². The first-order chi connectivity index (χ1) is 9.95. The van der Waals surface area contributed by atoms with Gasteiger partial charge in [-0.2, -0.15) is 0 Å². The number of carboxylic acid groups (broad SMARTS) is 1. The molecule has 2 aromatic carbocycles. The van der Waals surface area contributed by atoms with E-state index < -0.39 is 5.97 Å². The van der Waals surface area contributed by atoms with Gasteiger partial charge in [0, 0.05) is 11.3 Å². The lowest BCUT2D eigenvalue weighted by Crippen LogP contribution is -2.14. The summed E-state index contributed by atoms with van der Waals surface area (Å²) >= 11 is 1.42. The van der Waals surface area contributed by atoms with Gasteiger partial charge in [0.25, 0.3) is 0 Å². The van der Waals surface area contributed by atoms with Gasteiger partial charge in [0.2, 0.25) is 0 Å². The zero-order chi connectivity index (χ0) is 15.4. The van der Waals surface area contributed by atoms with Crippen LogP contribution in [0, 0.1) is 0 Å². The lowest BCUT2D eigenvalue weighted by Gasteiger charge is -2.10. The van der Waals surface area contributed by atoms with E-state index >= 15 is 0 Å². The largest absolute Gasteiger partial charge is 0.508 e. The van der Waals surface area contributed by atoms with Crippen LogP contribution in [0.5, 0.6) is 5.75 Å². The molecule has 0 saturated carbocycles. The lowest BCUT2D eigenvalue weighted by molar-refractivity contribution is -0.138. The van der Waals surface area contributed by atoms with Crippen LogP contribution < -0.4 is 0 Å². The summed E-state index contributed by atoms with van der Waals surface area (Å²) < 4.78 is 0. The van der Waals surface area contributed by atoms with Crippen LogP contribution in [0.15, 0.2) is 41.3 Å². The highest BCUT2D eigenvalue weighted by Crippen LogP contribution is 2.29. The number of Topliss-reactive ketones (excluding diaryl/α,β-unsaturated/α-hetero) is 1. The number of hydrogen-bond acceptors (Lipinski definition) is 4. The number of fused-ring (bicyclic) bond motifs is 1. The Balaban J connectivity index is 2.07. The molecular weight excluding hydrogens is 288 g/mol. The number of carbonyl (C=O) groups is 2. The van der Waals surface area contributed by atoms with Crippen LogP contribution in [0.4, 0.5) is 0 Å². The Morgan fingerprint density at radius 3 is 2.48 bits per heavy atom. The maximum absolute atomic E-state index is 11.8. The van der Waals surface area contributed by atoms with Crippen molar-refractivity contribution in [1.82, 2.24) is 0 Å². The topological polar surface area (TPSA) is 74.6 Å². The van der Waals surface area contributed by atoms with Crippen molar-refractivity contribution in [2.24, 2.45) is 0 Å². The molecular formula is C16H16O4S. The van der Waals surface area contributed by atoms with Gasteiger partial charge in [-0.05, 0) is 42.0 Å². The van der Waals surface area contributed by atoms with E-state index in [4.69, 9.17) is 5.11 Å². The van der Waals surface area contributed by atoms with Crippen molar-refractivity contribution in [3.63, 3.8) is 0 Å². The molecule has 1 unspecified atom stereocenters. The molecule has 0 amide bonds. The molecule has 0 bridgehead atoms. The number of carbonyl (C=O) groups excluding carboxylic acids is 1. The molecule has 0 aliphatic rings. The summed E-state index contributed by atoms with van der Waals surface area (Å²) in [5.41, 5.74) is 0. The molecule has 5 heteroatoms. The van der Waals surface area contributed by atoms with Gasteiger partial charge in [-0.3, -0.25) is 9.59 Å². The molecule has 4 nitrogen and oxygen atoms in total. The number of rotatable bonds is 6. The summed E-state index contributed by atoms with van der Waals surface area (Å²) in [7, 11) is 0. The Morgan fingerprint density at radius 1 is 1.10 bits per heavy atom. The van der Waals surface area contributed by atoms with Crippen molar-refractivity contribution in [2.75, 3.05) is 0 Å². The maximum Gasteiger partial charge on any atom is 0.303 e. The normalized spacial score (nSPS) is 12.2. The highest BCUT2D eigenvalue weighted by molar-refractivity contribution is 8.00. The molecule has 0 radical (unpaired) electrons. The SMILES string of the molecule is CC(Sc1ccc2cc(O)ccc2c1)C(=O)CCC(=O)O. The predicted molar refractivity (Wildman–Crippen MR) is 82.8 cm³/mol. The number of carboxylic acids is 1. The summed E-state index contributed by atoms with van der Waals surface area (Å²) in [5.74, 6) is -0.792. The van der Waals surface area contributed by atoms with Crippen LogP contribution in [0.3, 0.4) is 0 Å². The molecule has 0 spiro atoms. The maximum atomic E-state index is 11.8. The number of hydrogen-bond donors (Lipinski definition) is 2. The monoisotopic (exact) mass is 304 g/mol. The molecule has 2 rings (SSSR count). The summed E-state index contributed by atoms with van der Waals surface area (Å²) in [6, 6.07) is 10.9. The van der Waals surface area contributed by atoms with Crippen LogP contribution in [-0.4, -0.2) is 27.2 Å². The van der Waals surface area contributed by atoms with Crippen molar-refractivity contribution >= 4 is 34.3 Å². The molecule has 1 atom stereocenters. The third kappa shape index (κ3) is 4.23. The molecule has 0 fully saturated rings. The summed E-state index contributed by atoms with van der Waals surface area (Å²) in [6.45, 7) is 1.79. The standard InChI is InChI=1S/C16H16O4S/c1-10(15(18)6-7-16(19)20)21-14-5-3-11-8-13(17)4-2-12(11)9-14/h2-5,8-10,17H,6-7H2,1H3,(H,19,20). The van der Waals surface area contributed by atoms with E-state index in [1.165, 1.54) is 11.8 Å². The minimum Gasteiger partial charge on any atom is -0.508 e. The van der Waals surface area contributed by atoms with E-state index in [9.17, 15) is 14.7 Å². The van der Waals surface area contributed by atoms with Crippen LogP contribution in [0.1, 0.15) is 19.8 Å². The Kier molecular flexibility index (Phi) is 4.85. The van der Waals surface area contributed by atoms with Gasteiger partial charge in [0.1, 0.15) is 11.5 Å². The van der Waals surface area contributed by atoms with Gasteiger partial charge in [-0.15, -0.1) is 11.8 Å². The Morgan fingerprint density at radius 2 is 1.76 bits per heavy atom. The quantitative estimate of drug-likeness (QED) is 0.799. The molecule has 0 aliphatic carbocycles. The highest BCUT2D eigenvalue weighted by atomic mass is 32.2. The third-order valence-electron chi connectivity index (χ3n) is 3.15. The van der Waals surface area contributed by atoms with E-state index in [0.717, 1.165) is 15.7 Å². The van der Waals surface area contributed by atoms with Gasteiger partial charge < -0.3 is 10.2 Å².